The van der Waals surface area contributed by atoms with Crippen LogP contribution in [-0.4, -0.2) is 96.2 Å². The maximum Gasteiger partial charge on any atom is 0.475 e. The average molecular weight is 1470 g/mol. The number of phosphoric ester groups is 4. The highest BCUT2D eigenvalue weighted by atomic mass is 31.2. The number of esters is 2. The molecule has 2 rings (SSSR count). The van der Waals surface area contributed by atoms with Gasteiger partial charge < -0.3 is 9.47 Å². The number of carbonyl (C=O) groups excluding carboxylic acids is 4. The number of ketones is 2. The first-order valence-corrected chi connectivity index (χ1v) is 42.6. The molecule has 0 aliphatic rings. The van der Waals surface area contributed by atoms with E-state index in [1.54, 1.807) is 79.7 Å². The Morgan fingerprint density at radius 2 is 0.592 bits per heavy atom. The quantitative estimate of drug-likeness (QED) is 0.0258. The highest BCUT2D eigenvalue weighted by Crippen LogP contribution is 2.52. The molecule has 26 heteroatoms. The van der Waals surface area contributed by atoms with E-state index in [4.69, 9.17) is 63.8 Å². The number of benzene rings is 2. The standard InChI is InChI=1S/C20H33O5P.C19H31O6P.C17H35O5P.C16H33O6P/c1-5-9-19(10-6-2)20(21)15-17-11-13-18(14-12-17)16-25-26(22,23-7-3)24-8-4;1-5-9-17(10-6-2)19(20)25-18-13-11-16(12-14-18)15-24-26(21,22-7-3)23-8-4;1-5-12-16(13-6-2)17(18)14-10-9-11-15-22-23(19,20-7-3)21-8-4;1-5-11-15(12-6-2)16(17)19-13-9-10-14-22-23(18,20-7-3)21-8-4/h11-14,19H,5-10,15-16H2,1-4H3;11-14,17H,5-10,15H2,1-4H3;16H,5-15H2,1-4H3;15H,5-14H2,1-4H3. The summed E-state index contributed by atoms with van der Waals surface area (Å²) in [7, 11) is -13.9. The van der Waals surface area contributed by atoms with Crippen molar-refractivity contribution in [2.75, 3.05) is 72.7 Å². The molecule has 0 aliphatic carbocycles. The summed E-state index contributed by atoms with van der Waals surface area (Å²) < 4.78 is 121. The number of phosphoric acid groups is 4. The van der Waals surface area contributed by atoms with Gasteiger partial charge in [0.05, 0.1) is 97.7 Å². The highest BCUT2D eigenvalue weighted by Gasteiger charge is 2.29. The normalized spacial score (nSPS) is 11.9. The second kappa shape index (κ2) is 61.6. The number of ether oxygens (including phenoxy) is 2. The van der Waals surface area contributed by atoms with Gasteiger partial charge in [-0.1, -0.05) is 150 Å². The van der Waals surface area contributed by atoms with Crippen LogP contribution in [0.4, 0.5) is 0 Å². The van der Waals surface area contributed by atoms with Crippen LogP contribution < -0.4 is 4.74 Å². The first-order valence-electron chi connectivity index (χ1n) is 36.7. The number of hydrogen-bond acceptors (Lipinski definition) is 22. The van der Waals surface area contributed by atoms with E-state index in [0.717, 1.165) is 139 Å². The summed E-state index contributed by atoms with van der Waals surface area (Å²) >= 11 is 0. The fourth-order valence-corrected chi connectivity index (χ4v) is 14.8. The van der Waals surface area contributed by atoms with Crippen molar-refractivity contribution in [3.05, 3.63) is 65.2 Å². The van der Waals surface area contributed by atoms with Crippen LogP contribution in [0.25, 0.3) is 0 Å². The molecule has 22 nitrogen and oxygen atoms in total. The first kappa shape index (κ1) is 97.2. The minimum absolute atomic E-state index is 0.0115. The smallest absolute Gasteiger partial charge is 0.465 e. The molecule has 0 bridgehead atoms. The minimum atomic E-state index is -3.53. The van der Waals surface area contributed by atoms with Crippen molar-refractivity contribution in [3.8, 4) is 5.75 Å². The van der Waals surface area contributed by atoms with Crippen LogP contribution in [0.1, 0.15) is 269 Å². The van der Waals surface area contributed by atoms with E-state index in [1.165, 1.54) is 0 Å². The lowest BCUT2D eigenvalue weighted by Gasteiger charge is -2.16. The average Bonchev–Trinajstić information content (AvgIpc) is 0.912. The predicted octanol–water partition coefficient (Wildman–Crippen LogP) is 21.5. The van der Waals surface area contributed by atoms with Gasteiger partial charge >= 0.3 is 43.2 Å². The van der Waals surface area contributed by atoms with E-state index in [2.05, 4.69) is 55.4 Å². The summed E-state index contributed by atoms with van der Waals surface area (Å²) in [5, 5.41) is 0. The van der Waals surface area contributed by atoms with Crippen molar-refractivity contribution in [1.82, 2.24) is 0 Å². The number of carbonyl (C=O) groups is 4. The molecule has 98 heavy (non-hydrogen) atoms. The summed E-state index contributed by atoms with van der Waals surface area (Å²) in [5.41, 5.74) is 2.64. The Kier molecular flexibility index (Phi) is 61.1. The zero-order valence-electron chi connectivity index (χ0n) is 63.2. The summed E-state index contributed by atoms with van der Waals surface area (Å²) in [6.45, 7) is 34.0. The molecule has 2 aromatic rings. The lowest BCUT2D eigenvalue weighted by Crippen LogP contribution is -2.20. The largest absolute Gasteiger partial charge is 0.475 e. The third kappa shape index (κ3) is 47.4. The van der Waals surface area contributed by atoms with Gasteiger partial charge in [-0.2, -0.15) is 0 Å². The van der Waals surface area contributed by atoms with Crippen LogP contribution >= 0.6 is 31.3 Å². The lowest BCUT2D eigenvalue weighted by atomic mass is 9.90. The van der Waals surface area contributed by atoms with Gasteiger partial charge in [0, 0.05) is 24.7 Å². The van der Waals surface area contributed by atoms with Crippen molar-refractivity contribution >= 4 is 54.8 Å². The van der Waals surface area contributed by atoms with Gasteiger partial charge in [-0.25, -0.2) is 18.3 Å². The van der Waals surface area contributed by atoms with Gasteiger partial charge in [0.15, 0.2) is 0 Å². The Morgan fingerprint density at radius 1 is 0.306 bits per heavy atom. The Labute approximate surface area is 592 Å². The van der Waals surface area contributed by atoms with Crippen LogP contribution in [0.5, 0.6) is 5.75 Å². The topological polar surface area (TPSA) is 266 Å². The molecular weight excluding hydrogens is 1340 g/mol. The molecule has 2 aromatic carbocycles. The van der Waals surface area contributed by atoms with Crippen LogP contribution in [0.3, 0.4) is 0 Å². The van der Waals surface area contributed by atoms with E-state index in [1.807, 2.05) is 24.3 Å². The summed E-state index contributed by atoms with van der Waals surface area (Å²) in [4.78, 5) is 48.9. The summed E-state index contributed by atoms with van der Waals surface area (Å²) in [5.74, 6) is 1.26. The molecule has 0 atom stereocenters. The maximum absolute atomic E-state index is 12.5. The molecule has 0 amide bonds. The summed E-state index contributed by atoms with van der Waals surface area (Å²) in [6, 6.07) is 14.6. The monoisotopic (exact) mass is 1470 g/mol. The van der Waals surface area contributed by atoms with Crippen molar-refractivity contribution in [1.29, 1.82) is 0 Å². The molecule has 0 saturated heterocycles. The summed E-state index contributed by atoms with van der Waals surface area (Å²) in [6.07, 6.45) is 20.3. The van der Waals surface area contributed by atoms with Crippen molar-refractivity contribution in [2.24, 2.45) is 23.7 Å². The molecule has 0 unspecified atom stereocenters. The SMILES string of the molecule is CCCC(CCC)C(=O)CCCCCOP(=O)(OCC)OCC.CCCC(CCC)C(=O)Cc1ccc(COP(=O)(OCC)OCC)cc1.CCCC(CCC)C(=O)OCCCCOP(=O)(OCC)OCC.CCCC(CCC)C(=O)Oc1ccc(COP(=O)(OCC)OCC)cc1. The van der Waals surface area contributed by atoms with Crippen molar-refractivity contribution < 1.29 is 101 Å². The van der Waals surface area contributed by atoms with Gasteiger partial charge in [0.1, 0.15) is 17.3 Å². The van der Waals surface area contributed by atoms with Gasteiger partial charge in [-0.15, -0.1) is 0 Å². The first-order chi connectivity index (χ1) is 47.0. The molecule has 0 N–H and O–H groups in total. The van der Waals surface area contributed by atoms with E-state index in [9.17, 15) is 37.4 Å². The molecule has 0 aliphatic heterocycles. The third-order valence-electron chi connectivity index (χ3n) is 14.6. The van der Waals surface area contributed by atoms with E-state index in [0.29, 0.717) is 69.4 Å². The van der Waals surface area contributed by atoms with E-state index in [-0.39, 0.29) is 95.1 Å². The molecule has 0 fully saturated rings. The second-order valence-electron chi connectivity index (χ2n) is 23.1. The second-order valence-corrected chi connectivity index (χ2v) is 29.8. The van der Waals surface area contributed by atoms with Crippen LogP contribution in [0, 0.1) is 23.7 Å². The predicted molar refractivity (Wildman–Crippen MR) is 389 cm³/mol. The van der Waals surface area contributed by atoms with Crippen LogP contribution in [-0.2, 0) is 116 Å². The van der Waals surface area contributed by atoms with Crippen LogP contribution in [0.2, 0.25) is 0 Å². The molecule has 0 radical (unpaired) electrons. The van der Waals surface area contributed by atoms with Crippen molar-refractivity contribution in [3.63, 3.8) is 0 Å². The van der Waals surface area contributed by atoms with Gasteiger partial charge in [0.2, 0.25) is 0 Å². The molecule has 0 spiro atoms. The number of hydrogen-bond donors (Lipinski definition) is 0. The molecule has 572 valence electrons. The lowest BCUT2D eigenvalue weighted by molar-refractivity contribution is -0.149. The third-order valence-corrected chi connectivity index (χ3v) is 21.1. The minimum Gasteiger partial charge on any atom is -0.465 e. The van der Waals surface area contributed by atoms with Gasteiger partial charge in [0.25, 0.3) is 0 Å². The van der Waals surface area contributed by atoms with Gasteiger partial charge in [-0.05, 0) is 161 Å². The zero-order valence-corrected chi connectivity index (χ0v) is 66.7. The van der Waals surface area contributed by atoms with Crippen molar-refractivity contribution in [2.45, 2.75) is 272 Å². The number of rotatable bonds is 58. The van der Waals surface area contributed by atoms with Crippen LogP contribution in [0.15, 0.2) is 48.5 Å². The molecule has 0 heterocycles. The molecule has 0 aromatic heterocycles. The highest BCUT2D eigenvalue weighted by molar-refractivity contribution is 7.49. The van der Waals surface area contributed by atoms with E-state index >= 15 is 0 Å². The fraction of sp³-hybridized carbons (Fsp3) is 0.778. The Bertz CT molecular complexity index is 2270. The van der Waals surface area contributed by atoms with Gasteiger partial charge in [-0.3, -0.25) is 73.5 Å². The Morgan fingerprint density at radius 3 is 0.939 bits per heavy atom. The number of unbranched alkanes of at least 4 members (excludes halogenated alkanes) is 3. The number of Topliss-reactive ketones (excluding diaryl/α,β-unsaturated/α-hetero) is 2. The Hall–Kier alpha value is -2.84. The molecular formula is C72H132O22P4. The molecule has 0 saturated carbocycles. The zero-order chi connectivity index (χ0) is 73.9. The maximum atomic E-state index is 12.5. The Balaban J connectivity index is 0. The van der Waals surface area contributed by atoms with E-state index < -0.39 is 31.3 Å². The fourth-order valence-electron chi connectivity index (χ4n) is 10.1.